The van der Waals surface area contributed by atoms with Gasteiger partial charge in [0, 0.05) is 9.79 Å². The number of thioether (sulfide) groups is 2. The highest BCUT2D eigenvalue weighted by Crippen LogP contribution is 2.29. The molecule has 0 unspecified atom stereocenters. The molecule has 0 aliphatic heterocycles. The Morgan fingerprint density at radius 3 is 2.04 bits per heavy atom. The lowest BCUT2D eigenvalue weighted by atomic mass is 10.2. The van der Waals surface area contributed by atoms with Crippen molar-refractivity contribution in [3.63, 3.8) is 0 Å². The SMILES string of the molecule is CC(=CSc1ccc(C)cc1)C(=Nc1ccccc1)Sc1ccccc1. The van der Waals surface area contributed by atoms with Gasteiger partial charge in [-0.25, -0.2) is 4.99 Å². The quantitative estimate of drug-likeness (QED) is 0.260. The summed E-state index contributed by atoms with van der Waals surface area (Å²) in [6.07, 6.45) is 0. The summed E-state index contributed by atoms with van der Waals surface area (Å²) in [5.74, 6) is 0. The average molecular weight is 376 g/mol. The topological polar surface area (TPSA) is 12.4 Å². The van der Waals surface area contributed by atoms with E-state index in [0.29, 0.717) is 0 Å². The van der Waals surface area contributed by atoms with Crippen molar-refractivity contribution in [3.05, 3.63) is 101 Å². The van der Waals surface area contributed by atoms with Crippen molar-refractivity contribution in [2.24, 2.45) is 4.99 Å². The summed E-state index contributed by atoms with van der Waals surface area (Å²) >= 11 is 3.43. The normalized spacial score (nSPS) is 12.2. The molecule has 0 atom stereocenters. The standard InChI is InChI=1S/C23H21NS2/c1-18-13-15-21(16-14-18)25-17-19(2)23(24-20-9-5-3-6-10-20)26-22-11-7-4-8-12-22/h3-17H,1-2H3. The Labute approximate surface area is 164 Å². The van der Waals surface area contributed by atoms with Crippen LogP contribution in [0, 0.1) is 6.92 Å². The molecule has 0 heterocycles. The molecule has 3 heteroatoms. The fourth-order valence-corrected chi connectivity index (χ4v) is 3.91. The molecular weight excluding hydrogens is 354 g/mol. The zero-order valence-corrected chi connectivity index (χ0v) is 16.6. The van der Waals surface area contributed by atoms with Gasteiger partial charge in [-0.15, -0.1) is 0 Å². The van der Waals surface area contributed by atoms with Crippen LogP contribution in [0.3, 0.4) is 0 Å². The Balaban J connectivity index is 1.85. The Morgan fingerprint density at radius 1 is 0.769 bits per heavy atom. The van der Waals surface area contributed by atoms with Crippen LogP contribution in [0.25, 0.3) is 0 Å². The fraction of sp³-hybridized carbons (Fsp3) is 0.0870. The number of rotatable bonds is 5. The number of aliphatic imine (C=N–C) groups is 1. The van der Waals surface area contributed by atoms with Crippen LogP contribution < -0.4 is 0 Å². The van der Waals surface area contributed by atoms with E-state index in [4.69, 9.17) is 4.99 Å². The summed E-state index contributed by atoms with van der Waals surface area (Å²) in [5.41, 5.74) is 3.41. The molecule has 0 aliphatic rings. The van der Waals surface area contributed by atoms with Crippen molar-refractivity contribution >= 4 is 34.3 Å². The molecule has 3 aromatic carbocycles. The second-order valence-corrected chi connectivity index (χ2v) is 7.90. The van der Waals surface area contributed by atoms with Crippen LogP contribution in [-0.2, 0) is 0 Å². The van der Waals surface area contributed by atoms with E-state index in [0.717, 1.165) is 16.3 Å². The minimum atomic E-state index is 0.971. The van der Waals surface area contributed by atoms with E-state index >= 15 is 0 Å². The van der Waals surface area contributed by atoms with E-state index < -0.39 is 0 Å². The molecule has 0 saturated heterocycles. The molecule has 26 heavy (non-hydrogen) atoms. The van der Waals surface area contributed by atoms with Crippen molar-refractivity contribution in [1.82, 2.24) is 0 Å². The van der Waals surface area contributed by atoms with Crippen LogP contribution in [0.5, 0.6) is 0 Å². The molecule has 0 saturated carbocycles. The summed E-state index contributed by atoms with van der Waals surface area (Å²) < 4.78 is 0. The Bertz CT molecular complexity index is 883. The fourth-order valence-electron chi connectivity index (χ4n) is 2.24. The molecule has 0 aromatic heterocycles. The third-order valence-corrected chi connectivity index (χ3v) is 5.80. The number of hydrogen-bond donors (Lipinski definition) is 0. The van der Waals surface area contributed by atoms with Gasteiger partial charge in [0.25, 0.3) is 0 Å². The first-order valence-corrected chi connectivity index (χ1v) is 10.2. The number of benzene rings is 3. The van der Waals surface area contributed by atoms with Crippen LogP contribution in [0.2, 0.25) is 0 Å². The van der Waals surface area contributed by atoms with Gasteiger partial charge in [0.1, 0.15) is 5.04 Å². The lowest BCUT2D eigenvalue weighted by Crippen LogP contribution is -1.94. The lowest BCUT2D eigenvalue weighted by Gasteiger charge is -2.08. The Hall–Kier alpha value is -2.23. The first kappa shape index (κ1) is 18.6. The zero-order chi connectivity index (χ0) is 18.2. The third-order valence-electron chi connectivity index (χ3n) is 3.67. The highest BCUT2D eigenvalue weighted by Gasteiger charge is 2.06. The molecule has 1 nitrogen and oxygen atoms in total. The van der Waals surface area contributed by atoms with Crippen molar-refractivity contribution in [2.45, 2.75) is 23.6 Å². The molecule has 130 valence electrons. The molecule has 0 fully saturated rings. The van der Waals surface area contributed by atoms with E-state index in [2.05, 4.69) is 67.8 Å². The lowest BCUT2D eigenvalue weighted by molar-refractivity contribution is 1.38. The first-order valence-electron chi connectivity index (χ1n) is 8.48. The second-order valence-electron chi connectivity index (χ2n) is 5.90. The highest BCUT2D eigenvalue weighted by atomic mass is 32.2. The zero-order valence-electron chi connectivity index (χ0n) is 14.9. The predicted molar refractivity (Wildman–Crippen MR) is 117 cm³/mol. The number of aryl methyl sites for hydroxylation is 1. The summed E-state index contributed by atoms with van der Waals surface area (Å²) in [6, 6.07) is 29.1. The largest absolute Gasteiger partial charge is 0.241 e. The minimum absolute atomic E-state index is 0.971. The highest BCUT2D eigenvalue weighted by molar-refractivity contribution is 8.14. The summed E-state index contributed by atoms with van der Waals surface area (Å²) in [4.78, 5) is 7.30. The third kappa shape index (κ3) is 5.65. The Kier molecular flexibility index (Phi) is 6.75. The van der Waals surface area contributed by atoms with Crippen LogP contribution in [0.4, 0.5) is 5.69 Å². The predicted octanol–water partition coefficient (Wildman–Crippen LogP) is 7.51. The maximum atomic E-state index is 4.88. The van der Waals surface area contributed by atoms with Crippen molar-refractivity contribution in [3.8, 4) is 0 Å². The van der Waals surface area contributed by atoms with Gasteiger partial charge in [-0.05, 0) is 61.2 Å². The summed E-state index contributed by atoms with van der Waals surface area (Å²) in [5, 5.41) is 3.20. The second kappa shape index (κ2) is 9.46. The van der Waals surface area contributed by atoms with Gasteiger partial charge in [0.05, 0.1) is 5.69 Å². The van der Waals surface area contributed by atoms with Gasteiger partial charge in [-0.1, -0.05) is 77.6 Å². The molecule has 0 bridgehead atoms. The summed E-state index contributed by atoms with van der Waals surface area (Å²) in [7, 11) is 0. The van der Waals surface area contributed by atoms with E-state index in [1.54, 1.807) is 23.5 Å². The average Bonchev–Trinajstić information content (AvgIpc) is 2.68. The molecule has 0 spiro atoms. The van der Waals surface area contributed by atoms with Crippen LogP contribution >= 0.6 is 23.5 Å². The van der Waals surface area contributed by atoms with Crippen LogP contribution in [-0.4, -0.2) is 5.04 Å². The van der Waals surface area contributed by atoms with Gasteiger partial charge < -0.3 is 0 Å². The van der Waals surface area contributed by atoms with Crippen LogP contribution in [0.1, 0.15) is 12.5 Å². The van der Waals surface area contributed by atoms with Gasteiger partial charge in [-0.3, -0.25) is 0 Å². The van der Waals surface area contributed by atoms with Gasteiger partial charge in [0.2, 0.25) is 0 Å². The maximum Gasteiger partial charge on any atom is 0.105 e. The minimum Gasteiger partial charge on any atom is -0.241 e. The molecule has 3 rings (SSSR count). The molecule has 0 radical (unpaired) electrons. The summed E-state index contributed by atoms with van der Waals surface area (Å²) in [6.45, 7) is 4.23. The monoisotopic (exact) mass is 375 g/mol. The van der Waals surface area contributed by atoms with Crippen molar-refractivity contribution in [1.29, 1.82) is 0 Å². The van der Waals surface area contributed by atoms with Gasteiger partial charge >= 0.3 is 0 Å². The van der Waals surface area contributed by atoms with Gasteiger partial charge in [-0.2, -0.15) is 0 Å². The van der Waals surface area contributed by atoms with Crippen molar-refractivity contribution < 1.29 is 0 Å². The molecule has 3 aromatic rings. The van der Waals surface area contributed by atoms with E-state index in [-0.39, 0.29) is 0 Å². The number of para-hydroxylation sites is 1. The van der Waals surface area contributed by atoms with E-state index in [1.165, 1.54) is 15.4 Å². The van der Waals surface area contributed by atoms with E-state index in [1.807, 2.05) is 36.4 Å². The molecular formula is C23H21NS2. The first-order chi connectivity index (χ1) is 12.7. The molecule has 0 aliphatic carbocycles. The molecule has 0 N–H and O–H groups in total. The smallest absolute Gasteiger partial charge is 0.105 e. The van der Waals surface area contributed by atoms with Crippen molar-refractivity contribution in [2.75, 3.05) is 0 Å². The number of hydrogen-bond acceptors (Lipinski definition) is 3. The molecule has 0 amide bonds. The van der Waals surface area contributed by atoms with Crippen LogP contribution in [0.15, 0.2) is 111 Å². The van der Waals surface area contributed by atoms with Gasteiger partial charge in [0.15, 0.2) is 0 Å². The van der Waals surface area contributed by atoms with E-state index in [9.17, 15) is 0 Å². The number of nitrogens with zero attached hydrogens (tertiary/aromatic N) is 1. The Morgan fingerprint density at radius 2 is 1.38 bits per heavy atom. The maximum absolute atomic E-state index is 4.88.